The maximum atomic E-state index is 5.77. The molecule has 0 saturated heterocycles. The number of aromatic nitrogens is 4. The van der Waals surface area contributed by atoms with Gasteiger partial charge in [-0.25, -0.2) is 4.68 Å². The van der Waals surface area contributed by atoms with Gasteiger partial charge in [-0.1, -0.05) is 18.2 Å². The molecule has 0 N–H and O–H groups in total. The van der Waals surface area contributed by atoms with E-state index in [2.05, 4.69) is 20.3 Å². The van der Waals surface area contributed by atoms with Gasteiger partial charge in [-0.05, 0) is 36.0 Å². The highest BCUT2D eigenvalue weighted by Crippen LogP contribution is 2.33. The first-order valence-electron chi connectivity index (χ1n) is 6.89. The molecule has 0 atom stereocenters. The third kappa shape index (κ3) is 3.00. The highest BCUT2D eigenvalue weighted by molar-refractivity contribution is 7.99. The number of hydrogen-bond donors (Lipinski definition) is 0. The van der Waals surface area contributed by atoms with E-state index in [1.807, 2.05) is 42.5 Å². The number of para-hydroxylation sites is 1. The molecule has 0 aliphatic carbocycles. The lowest BCUT2D eigenvalue weighted by atomic mass is 10.2. The molecule has 6 nitrogen and oxygen atoms in total. The third-order valence-electron chi connectivity index (χ3n) is 3.13. The number of benzene rings is 1. The molecular formula is C16H11N5OS. The van der Waals surface area contributed by atoms with Crippen LogP contribution in [0.3, 0.4) is 0 Å². The van der Waals surface area contributed by atoms with Crippen LogP contribution in [0.15, 0.2) is 80.8 Å². The molecule has 0 saturated carbocycles. The normalized spacial score (nSPS) is 11.5. The van der Waals surface area contributed by atoms with Gasteiger partial charge >= 0.3 is 0 Å². The highest BCUT2D eigenvalue weighted by Gasteiger charge is 2.07. The van der Waals surface area contributed by atoms with Gasteiger partial charge < -0.3 is 4.42 Å². The molecule has 0 aliphatic heterocycles. The van der Waals surface area contributed by atoms with Crippen LogP contribution >= 0.6 is 11.8 Å². The van der Waals surface area contributed by atoms with Crippen LogP contribution in [0, 0.1) is 0 Å². The molecule has 0 spiro atoms. The highest BCUT2D eigenvalue weighted by atomic mass is 32.2. The minimum Gasteiger partial charge on any atom is -0.448 e. The van der Waals surface area contributed by atoms with Crippen molar-refractivity contribution >= 4 is 28.9 Å². The van der Waals surface area contributed by atoms with Gasteiger partial charge in [-0.15, -0.1) is 10.2 Å². The number of fused-ring (bicyclic) bond motifs is 1. The summed E-state index contributed by atoms with van der Waals surface area (Å²) in [5.74, 6) is 0.661. The zero-order valence-corrected chi connectivity index (χ0v) is 12.7. The molecule has 0 amide bonds. The number of nitrogens with zero attached hydrogens (tertiary/aromatic N) is 5. The van der Waals surface area contributed by atoms with Crippen molar-refractivity contribution in [2.24, 2.45) is 5.10 Å². The molecule has 3 heterocycles. The minimum absolute atomic E-state index is 0.661. The Morgan fingerprint density at radius 3 is 2.83 bits per heavy atom. The Balaban J connectivity index is 1.57. The van der Waals surface area contributed by atoms with Crippen molar-refractivity contribution in [1.82, 2.24) is 19.9 Å². The quantitative estimate of drug-likeness (QED) is 0.538. The lowest BCUT2D eigenvalue weighted by Gasteiger charge is -2.02. The second-order valence-corrected chi connectivity index (χ2v) is 5.72. The Bertz CT molecular complexity index is 956. The summed E-state index contributed by atoms with van der Waals surface area (Å²) in [5, 5.41) is 13.4. The van der Waals surface area contributed by atoms with Crippen LogP contribution in [0.5, 0.6) is 0 Å². The van der Waals surface area contributed by atoms with Crippen molar-refractivity contribution in [3.05, 3.63) is 67.1 Å². The first kappa shape index (κ1) is 13.7. The molecule has 23 heavy (non-hydrogen) atoms. The van der Waals surface area contributed by atoms with Gasteiger partial charge in [0.2, 0.25) is 0 Å². The molecule has 4 rings (SSSR count). The average Bonchev–Trinajstić information content (AvgIpc) is 3.25. The minimum atomic E-state index is 0.661. The Morgan fingerprint density at radius 2 is 1.91 bits per heavy atom. The molecule has 0 bridgehead atoms. The fourth-order valence-corrected chi connectivity index (χ4v) is 3.01. The van der Waals surface area contributed by atoms with E-state index in [4.69, 9.17) is 4.42 Å². The Morgan fingerprint density at radius 1 is 1.04 bits per heavy atom. The second-order valence-electron chi connectivity index (χ2n) is 4.68. The summed E-state index contributed by atoms with van der Waals surface area (Å²) in [6.45, 7) is 0. The molecule has 4 aromatic rings. The zero-order valence-electron chi connectivity index (χ0n) is 11.9. The average molecular weight is 321 g/mol. The molecule has 0 aliphatic rings. The predicted molar refractivity (Wildman–Crippen MR) is 87.6 cm³/mol. The van der Waals surface area contributed by atoms with Crippen LogP contribution < -0.4 is 0 Å². The van der Waals surface area contributed by atoms with Crippen molar-refractivity contribution in [3.63, 3.8) is 0 Å². The zero-order chi connectivity index (χ0) is 15.5. The van der Waals surface area contributed by atoms with E-state index in [1.165, 1.54) is 29.1 Å². The van der Waals surface area contributed by atoms with Crippen molar-refractivity contribution in [3.8, 4) is 0 Å². The summed E-state index contributed by atoms with van der Waals surface area (Å²) in [5.41, 5.74) is 0.969. The van der Waals surface area contributed by atoms with Gasteiger partial charge in [-0.2, -0.15) is 5.10 Å². The van der Waals surface area contributed by atoms with Crippen molar-refractivity contribution in [1.29, 1.82) is 0 Å². The topological polar surface area (TPSA) is 69.1 Å². The fraction of sp³-hybridized carbons (Fsp3) is 0. The van der Waals surface area contributed by atoms with Crippen LogP contribution in [-0.4, -0.2) is 26.1 Å². The monoisotopic (exact) mass is 321 g/mol. The molecular weight excluding hydrogens is 310 g/mol. The molecule has 0 fully saturated rings. The number of furan rings is 1. The van der Waals surface area contributed by atoms with Gasteiger partial charge in [0, 0.05) is 16.5 Å². The Kier molecular flexibility index (Phi) is 3.61. The van der Waals surface area contributed by atoms with Gasteiger partial charge in [-0.3, -0.25) is 4.98 Å². The maximum Gasteiger partial charge on any atom is 0.165 e. The van der Waals surface area contributed by atoms with E-state index in [-0.39, 0.29) is 0 Å². The lowest BCUT2D eigenvalue weighted by Crippen LogP contribution is -1.84. The summed E-state index contributed by atoms with van der Waals surface area (Å²) in [6, 6.07) is 13.9. The summed E-state index contributed by atoms with van der Waals surface area (Å²) >= 11 is 1.54. The number of hydrogen-bond acceptors (Lipinski definition) is 6. The van der Waals surface area contributed by atoms with E-state index in [0.717, 1.165) is 20.9 Å². The van der Waals surface area contributed by atoms with E-state index in [9.17, 15) is 0 Å². The molecule has 0 unspecified atom stereocenters. The van der Waals surface area contributed by atoms with Crippen LogP contribution in [0.1, 0.15) is 5.76 Å². The Labute approximate surface area is 135 Å². The van der Waals surface area contributed by atoms with Crippen LogP contribution in [0.4, 0.5) is 0 Å². The van der Waals surface area contributed by atoms with Gasteiger partial charge in [0.15, 0.2) is 5.09 Å². The lowest BCUT2D eigenvalue weighted by molar-refractivity contribution is 0.468. The van der Waals surface area contributed by atoms with Crippen LogP contribution in [-0.2, 0) is 0 Å². The molecule has 3 aromatic heterocycles. The second kappa shape index (κ2) is 6.05. The molecule has 7 heteroatoms. The smallest absolute Gasteiger partial charge is 0.165 e. The van der Waals surface area contributed by atoms with E-state index >= 15 is 0 Å². The standard InChI is InChI=1S/C16H11N5OS/c1-3-12-4-2-8-17-16(12)14(5-1)23-15-7-6-13(22-15)9-20-21-10-18-19-11-21/h1-11H/b20-9+. The molecule has 112 valence electrons. The van der Waals surface area contributed by atoms with Crippen molar-refractivity contribution in [2.45, 2.75) is 9.99 Å². The molecule has 0 radical (unpaired) electrons. The van der Waals surface area contributed by atoms with Gasteiger partial charge in [0.1, 0.15) is 18.4 Å². The van der Waals surface area contributed by atoms with E-state index in [0.29, 0.717) is 5.76 Å². The summed E-state index contributed by atoms with van der Waals surface area (Å²) in [7, 11) is 0. The largest absolute Gasteiger partial charge is 0.448 e. The first-order valence-corrected chi connectivity index (χ1v) is 7.70. The summed E-state index contributed by atoms with van der Waals surface area (Å²) in [4.78, 5) is 5.50. The fourth-order valence-electron chi connectivity index (χ4n) is 2.10. The van der Waals surface area contributed by atoms with Gasteiger partial charge in [0.25, 0.3) is 0 Å². The van der Waals surface area contributed by atoms with Crippen molar-refractivity contribution < 1.29 is 4.42 Å². The van der Waals surface area contributed by atoms with E-state index in [1.54, 1.807) is 12.4 Å². The van der Waals surface area contributed by atoms with Crippen LogP contribution in [0.25, 0.3) is 10.9 Å². The first-order chi connectivity index (χ1) is 11.4. The maximum absolute atomic E-state index is 5.77. The third-order valence-corrected chi connectivity index (χ3v) is 4.10. The number of pyridine rings is 1. The van der Waals surface area contributed by atoms with Gasteiger partial charge in [0.05, 0.1) is 11.7 Å². The van der Waals surface area contributed by atoms with E-state index < -0.39 is 0 Å². The predicted octanol–water partition coefficient (Wildman–Crippen LogP) is 3.45. The van der Waals surface area contributed by atoms with Crippen molar-refractivity contribution in [2.75, 3.05) is 0 Å². The number of rotatable bonds is 4. The SMILES string of the molecule is C(=N\n1cnnc1)/c1ccc(Sc2cccc3cccnc23)o1. The van der Waals surface area contributed by atoms with Crippen LogP contribution in [0.2, 0.25) is 0 Å². The Hall–Kier alpha value is -2.93. The summed E-state index contributed by atoms with van der Waals surface area (Å²) < 4.78 is 7.27. The molecule has 1 aromatic carbocycles. The summed E-state index contributed by atoms with van der Waals surface area (Å²) in [6.07, 6.45) is 6.44.